The quantitative estimate of drug-likeness (QED) is 0.683. The first-order chi connectivity index (χ1) is 7.39. The van der Waals surface area contributed by atoms with Gasteiger partial charge in [0.25, 0.3) is 0 Å². The lowest BCUT2D eigenvalue weighted by molar-refractivity contribution is -0.129. The van der Waals surface area contributed by atoms with E-state index in [4.69, 9.17) is 5.73 Å². The minimum absolute atomic E-state index is 0.0103. The maximum Gasteiger partial charge on any atom is 0.219 e. The summed E-state index contributed by atoms with van der Waals surface area (Å²) in [5, 5.41) is -0.559. The van der Waals surface area contributed by atoms with E-state index in [0.717, 1.165) is 0 Å². The predicted molar refractivity (Wildman–Crippen MR) is 61.3 cm³/mol. The highest BCUT2D eigenvalue weighted by Crippen LogP contribution is 2.12. The fraction of sp³-hybridized carbons (Fsp3) is 0.889. The van der Waals surface area contributed by atoms with Gasteiger partial charge in [-0.25, -0.2) is 8.42 Å². The molecule has 0 bridgehead atoms. The fourth-order valence-corrected chi connectivity index (χ4v) is 3.06. The molecule has 1 rings (SSSR count). The van der Waals surface area contributed by atoms with E-state index in [-0.39, 0.29) is 12.5 Å². The summed E-state index contributed by atoms with van der Waals surface area (Å²) in [5.41, 5.74) is 5.37. The molecule has 1 atom stereocenters. The first-order valence-corrected chi connectivity index (χ1v) is 6.84. The van der Waals surface area contributed by atoms with E-state index in [9.17, 15) is 13.2 Å². The number of carbonyl (C=O) groups is 1. The zero-order valence-electron chi connectivity index (χ0n) is 9.72. The van der Waals surface area contributed by atoms with E-state index in [1.807, 2.05) is 0 Å². The lowest BCUT2D eigenvalue weighted by Gasteiger charge is -2.34. The van der Waals surface area contributed by atoms with Crippen molar-refractivity contribution in [1.82, 2.24) is 9.21 Å². The average Bonchev–Trinajstić information content (AvgIpc) is 2.28. The summed E-state index contributed by atoms with van der Waals surface area (Å²) < 4.78 is 25.3. The highest BCUT2D eigenvalue weighted by atomic mass is 32.2. The molecule has 1 unspecified atom stereocenters. The van der Waals surface area contributed by atoms with E-state index in [1.165, 1.54) is 11.2 Å². The molecule has 16 heavy (non-hydrogen) atoms. The molecule has 0 radical (unpaired) electrons. The molecule has 1 aliphatic heterocycles. The van der Waals surface area contributed by atoms with Crippen LogP contribution in [0, 0.1) is 0 Å². The van der Waals surface area contributed by atoms with Crippen LogP contribution in [-0.4, -0.2) is 61.5 Å². The van der Waals surface area contributed by atoms with Gasteiger partial charge in [-0.3, -0.25) is 4.79 Å². The molecule has 1 saturated heterocycles. The molecule has 0 spiro atoms. The largest absolute Gasteiger partial charge is 0.340 e. The van der Waals surface area contributed by atoms with Crippen LogP contribution in [0.3, 0.4) is 0 Å². The Labute approximate surface area is 96.4 Å². The number of hydrogen-bond acceptors (Lipinski definition) is 4. The Morgan fingerprint density at radius 3 is 2.19 bits per heavy atom. The molecule has 6 nitrogen and oxygen atoms in total. The molecule has 1 fully saturated rings. The molecule has 0 aromatic heterocycles. The Morgan fingerprint density at radius 1 is 1.31 bits per heavy atom. The molecular weight excluding hydrogens is 230 g/mol. The van der Waals surface area contributed by atoms with Crippen LogP contribution in [0.1, 0.15) is 13.8 Å². The van der Waals surface area contributed by atoms with Crippen LogP contribution in [0.5, 0.6) is 0 Å². The third-order valence-electron chi connectivity index (χ3n) is 2.88. The molecule has 0 aromatic rings. The van der Waals surface area contributed by atoms with Crippen LogP contribution in [0.2, 0.25) is 0 Å². The Hall–Kier alpha value is -0.660. The molecule has 2 N–H and O–H groups in total. The second-order valence-corrected chi connectivity index (χ2v) is 6.35. The van der Waals surface area contributed by atoms with Crippen molar-refractivity contribution in [2.45, 2.75) is 19.1 Å². The number of carbonyl (C=O) groups excluding carboxylic acids is 1. The second-order valence-electron chi connectivity index (χ2n) is 4.00. The Balaban J connectivity index is 2.63. The van der Waals surface area contributed by atoms with Gasteiger partial charge in [0.15, 0.2) is 0 Å². The zero-order chi connectivity index (χ0) is 12.3. The van der Waals surface area contributed by atoms with Gasteiger partial charge >= 0.3 is 0 Å². The van der Waals surface area contributed by atoms with Crippen molar-refractivity contribution in [1.29, 1.82) is 0 Å². The van der Waals surface area contributed by atoms with Gasteiger partial charge in [-0.1, -0.05) is 0 Å². The summed E-state index contributed by atoms with van der Waals surface area (Å²) in [6.07, 6.45) is 0. The van der Waals surface area contributed by atoms with E-state index in [0.29, 0.717) is 26.2 Å². The summed E-state index contributed by atoms with van der Waals surface area (Å²) in [6, 6.07) is 0. The highest BCUT2D eigenvalue weighted by Gasteiger charge is 2.31. The normalized spacial score (nSPS) is 20.8. The van der Waals surface area contributed by atoms with Crippen molar-refractivity contribution in [3.8, 4) is 0 Å². The van der Waals surface area contributed by atoms with Crippen LogP contribution in [-0.2, 0) is 14.8 Å². The summed E-state index contributed by atoms with van der Waals surface area (Å²) in [6.45, 7) is 4.88. The fourth-order valence-electron chi connectivity index (χ4n) is 1.63. The van der Waals surface area contributed by atoms with Crippen molar-refractivity contribution in [2.75, 3.05) is 32.7 Å². The molecule has 1 heterocycles. The molecule has 7 heteroatoms. The van der Waals surface area contributed by atoms with Gasteiger partial charge < -0.3 is 10.6 Å². The molecule has 1 amide bonds. The first kappa shape index (κ1) is 13.4. The Kier molecular flexibility index (Phi) is 4.28. The summed E-state index contributed by atoms with van der Waals surface area (Å²) >= 11 is 0. The molecule has 0 saturated carbocycles. The first-order valence-electron chi connectivity index (χ1n) is 5.34. The molecule has 1 aliphatic rings. The van der Waals surface area contributed by atoms with Gasteiger partial charge in [0.2, 0.25) is 15.9 Å². The van der Waals surface area contributed by atoms with Gasteiger partial charge in [0, 0.05) is 39.6 Å². The summed E-state index contributed by atoms with van der Waals surface area (Å²) in [7, 11) is -3.29. The number of nitrogens with zero attached hydrogens (tertiary/aromatic N) is 2. The van der Waals surface area contributed by atoms with Crippen LogP contribution in [0.4, 0.5) is 0 Å². The second kappa shape index (κ2) is 5.11. The zero-order valence-corrected chi connectivity index (χ0v) is 10.5. The van der Waals surface area contributed by atoms with Crippen LogP contribution in [0.25, 0.3) is 0 Å². The predicted octanol–water partition coefficient (Wildman–Crippen LogP) is -1.17. The molecule has 0 aromatic carbocycles. The Morgan fingerprint density at radius 2 is 1.81 bits per heavy atom. The van der Waals surface area contributed by atoms with Gasteiger partial charge in [-0.15, -0.1) is 0 Å². The number of hydrogen-bond donors (Lipinski definition) is 1. The SMILES string of the molecule is CC(=O)N1CCN(S(=O)(=O)C(C)CN)CC1. The average molecular weight is 249 g/mol. The number of piperazine rings is 1. The van der Waals surface area contributed by atoms with Crippen molar-refractivity contribution in [3.05, 3.63) is 0 Å². The van der Waals surface area contributed by atoms with Crippen LogP contribution >= 0.6 is 0 Å². The van der Waals surface area contributed by atoms with Crippen molar-refractivity contribution >= 4 is 15.9 Å². The minimum Gasteiger partial charge on any atom is -0.340 e. The van der Waals surface area contributed by atoms with E-state index in [1.54, 1.807) is 11.8 Å². The maximum absolute atomic E-state index is 11.9. The smallest absolute Gasteiger partial charge is 0.219 e. The monoisotopic (exact) mass is 249 g/mol. The number of rotatable bonds is 3. The van der Waals surface area contributed by atoms with E-state index < -0.39 is 15.3 Å². The van der Waals surface area contributed by atoms with Crippen LogP contribution < -0.4 is 5.73 Å². The van der Waals surface area contributed by atoms with E-state index in [2.05, 4.69) is 0 Å². The molecular formula is C9H19N3O3S. The highest BCUT2D eigenvalue weighted by molar-refractivity contribution is 7.89. The molecule has 94 valence electrons. The number of sulfonamides is 1. The van der Waals surface area contributed by atoms with Gasteiger partial charge in [0.1, 0.15) is 0 Å². The topological polar surface area (TPSA) is 83.7 Å². The van der Waals surface area contributed by atoms with E-state index >= 15 is 0 Å². The van der Waals surface area contributed by atoms with Crippen molar-refractivity contribution < 1.29 is 13.2 Å². The third-order valence-corrected chi connectivity index (χ3v) is 5.18. The van der Waals surface area contributed by atoms with Gasteiger partial charge in [-0.2, -0.15) is 4.31 Å². The van der Waals surface area contributed by atoms with Crippen LogP contribution in [0.15, 0.2) is 0 Å². The number of nitrogens with two attached hydrogens (primary N) is 1. The van der Waals surface area contributed by atoms with Gasteiger partial charge in [0.05, 0.1) is 5.25 Å². The van der Waals surface area contributed by atoms with Crippen molar-refractivity contribution in [3.63, 3.8) is 0 Å². The summed E-state index contributed by atoms with van der Waals surface area (Å²) in [4.78, 5) is 12.7. The van der Waals surface area contributed by atoms with Crippen molar-refractivity contribution in [2.24, 2.45) is 5.73 Å². The Bertz CT molecular complexity index is 347. The lowest BCUT2D eigenvalue weighted by atomic mass is 10.3. The lowest BCUT2D eigenvalue weighted by Crippen LogP contribution is -2.52. The van der Waals surface area contributed by atoms with Gasteiger partial charge in [-0.05, 0) is 6.92 Å². The standard InChI is InChI=1S/C9H19N3O3S/c1-8(7-10)16(14,15)12-5-3-11(4-6-12)9(2)13/h8H,3-7,10H2,1-2H3. The maximum atomic E-state index is 11.9. The number of amides is 1. The third kappa shape index (κ3) is 2.72. The molecule has 0 aliphatic carbocycles. The minimum atomic E-state index is -3.29. The summed E-state index contributed by atoms with van der Waals surface area (Å²) in [5.74, 6) is -0.0103.